The summed E-state index contributed by atoms with van der Waals surface area (Å²) in [5, 5.41) is 2.76. The molecule has 22 heavy (non-hydrogen) atoms. The zero-order valence-electron chi connectivity index (χ0n) is 12.9. The predicted molar refractivity (Wildman–Crippen MR) is 84.6 cm³/mol. The van der Waals surface area contributed by atoms with E-state index in [1.165, 1.54) is 6.07 Å². The van der Waals surface area contributed by atoms with E-state index in [4.69, 9.17) is 5.73 Å². The van der Waals surface area contributed by atoms with Crippen LogP contribution < -0.4 is 15.8 Å². The lowest BCUT2D eigenvalue weighted by molar-refractivity contribution is 0.0933. The zero-order valence-corrected chi connectivity index (χ0v) is 13.7. The first kappa shape index (κ1) is 18.4. The molecule has 6 nitrogen and oxygen atoms in total. The number of benzene rings is 1. The Morgan fingerprint density at radius 1 is 1.36 bits per heavy atom. The minimum absolute atomic E-state index is 0.162. The summed E-state index contributed by atoms with van der Waals surface area (Å²) in [7, 11) is -3.63. The van der Waals surface area contributed by atoms with E-state index < -0.39 is 21.7 Å². The molecule has 1 amide bonds. The number of hydrogen-bond donors (Lipinski definition) is 3. The Kier molecular flexibility index (Phi) is 6.31. The highest BCUT2D eigenvalue weighted by Crippen LogP contribution is 2.17. The number of sulfonamides is 1. The van der Waals surface area contributed by atoms with Crippen LogP contribution in [0.2, 0.25) is 0 Å². The van der Waals surface area contributed by atoms with Crippen LogP contribution >= 0.6 is 0 Å². The van der Waals surface area contributed by atoms with E-state index in [0.717, 1.165) is 24.8 Å². The van der Waals surface area contributed by atoms with E-state index in [1.807, 2.05) is 18.6 Å². The molecule has 0 aliphatic rings. The highest BCUT2D eigenvalue weighted by atomic mass is 32.2. The molecule has 1 unspecified atom stereocenters. The Morgan fingerprint density at radius 3 is 2.50 bits per heavy atom. The molecule has 0 aromatic heterocycles. The van der Waals surface area contributed by atoms with Gasteiger partial charge in [0.15, 0.2) is 0 Å². The van der Waals surface area contributed by atoms with E-state index in [2.05, 4.69) is 5.32 Å². The van der Waals surface area contributed by atoms with Gasteiger partial charge < -0.3 is 11.1 Å². The molecule has 0 radical (unpaired) electrons. The molecule has 0 saturated heterocycles. The highest BCUT2D eigenvalue weighted by Gasteiger charge is 2.16. The molecule has 124 valence electrons. The van der Waals surface area contributed by atoms with Gasteiger partial charge in [0.2, 0.25) is 10.0 Å². The standard InChI is InChI=1S/C14H22FN3O3S/c1-9(2)6-11(8-16)17-14(19)10-4-5-12(15)13(7-10)18-22(3,20)21/h4-5,7,9,11,18H,6,8,16H2,1-3H3,(H,17,19). The molecule has 0 aliphatic carbocycles. The molecule has 0 spiro atoms. The lowest BCUT2D eigenvalue weighted by Crippen LogP contribution is -2.41. The number of rotatable bonds is 7. The van der Waals surface area contributed by atoms with E-state index in [-0.39, 0.29) is 17.3 Å². The van der Waals surface area contributed by atoms with Gasteiger partial charge in [0.1, 0.15) is 5.82 Å². The second kappa shape index (κ2) is 7.55. The van der Waals surface area contributed by atoms with Crippen LogP contribution in [0.1, 0.15) is 30.6 Å². The molecular weight excluding hydrogens is 309 g/mol. The van der Waals surface area contributed by atoms with Crippen molar-refractivity contribution in [1.82, 2.24) is 5.32 Å². The number of nitrogens with two attached hydrogens (primary N) is 1. The molecular formula is C14H22FN3O3S. The molecule has 0 aliphatic heterocycles. The van der Waals surface area contributed by atoms with E-state index in [0.29, 0.717) is 12.5 Å². The molecule has 0 bridgehead atoms. The van der Waals surface area contributed by atoms with Crippen molar-refractivity contribution >= 4 is 21.6 Å². The first-order chi connectivity index (χ1) is 10.1. The maximum Gasteiger partial charge on any atom is 0.251 e. The van der Waals surface area contributed by atoms with Gasteiger partial charge >= 0.3 is 0 Å². The average molecular weight is 331 g/mol. The average Bonchev–Trinajstić information content (AvgIpc) is 2.38. The van der Waals surface area contributed by atoms with Crippen molar-refractivity contribution < 1.29 is 17.6 Å². The van der Waals surface area contributed by atoms with Gasteiger partial charge in [-0.2, -0.15) is 0 Å². The number of anilines is 1. The van der Waals surface area contributed by atoms with Crippen LogP contribution in [0, 0.1) is 11.7 Å². The van der Waals surface area contributed by atoms with Gasteiger partial charge in [0, 0.05) is 18.2 Å². The quantitative estimate of drug-likeness (QED) is 0.701. The SMILES string of the molecule is CC(C)CC(CN)NC(=O)c1ccc(F)c(NS(C)(=O)=O)c1. The summed E-state index contributed by atoms with van der Waals surface area (Å²) in [5.74, 6) is -0.809. The summed E-state index contributed by atoms with van der Waals surface area (Å²) in [6, 6.07) is 3.31. The first-order valence-corrected chi connectivity index (χ1v) is 8.79. The van der Waals surface area contributed by atoms with Crippen molar-refractivity contribution in [2.24, 2.45) is 11.7 Å². The molecule has 1 aromatic rings. The van der Waals surface area contributed by atoms with Crippen LogP contribution in [0.15, 0.2) is 18.2 Å². The number of amides is 1. The fourth-order valence-electron chi connectivity index (χ4n) is 2.00. The number of nitrogens with one attached hydrogen (secondary N) is 2. The maximum atomic E-state index is 13.6. The summed E-state index contributed by atoms with van der Waals surface area (Å²) in [5.41, 5.74) is 5.52. The van der Waals surface area contributed by atoms with E-state index >= 15 is 0 Å². The Hall–Kier alpha value is -1.67. The summed E-state index contributed by atoms with van der Waals surface area (Å²) in [6.45, 7) is 4.32. The summed E-state index contributed by atoms with van der Waals surface area (Å²) >= 11 is 0. The lowest BCUT2D eigenvalue weighted by atomic mass is 10.0. The number of carbonyl (C=O) groups is 1. The second-order valence-electron chi connectivity index (χ2n) is 5.60. The van der Waals surface area contributed by atoms with Gasteiger partial charge in [0.25, 0.3) is 5.91 Å². The summed E-state index contributed by atoms with van der Waals surface area (Å²) in [4.78, 5) is 12.2. The molecule has 1 aromatic carbocycles. The van der Waals surface area contributed by atoms with Crippen LogP contribution in [-0.4, -0.2) is 33.2 Å². The van der Waals surface area contributed by atoms with Crippen LogP contribution in [0.5, 0.6) is 0 Å². The van der Waals surface area contributed by atoms with Crippen LogP contribution in [0.25, 0.3) is 0 Å². The van der Waals surface area contributed by atoms with E-state index in [9.17, 15) is 17.6 Å². The van der Waals surface area contributed by atoms with Crippen molar-refractivity contribution in [1.29, 1.82) is 0 Å². The molecule has 1 atom stereocenters. The molecule has 0 fully saturated rings. The second-order valence-corrected chi connectivity index (χ2v) is 7.35. The van der Waals surface area contributed by atoms with Crippen LogP contribution in [0.3, 0.4) is 0 Å². The highest BCUT2D eigenvalue weighted by molar-refractivity contribution is 7.92. The van der Waals surface area contributed by atoms with Gasteiger partial charge in [-0.05, 0) is 30.5 Å². The number of halogens is 1. The van der Waals surface area contributed by atoms with Crippen LogP contribution in [-0.2, 0) is 10.0 Å². The summed E-state index contributed by atoms with van der Waals surface area (Å²) < 4.78 is 38.0. The van der Waals surface area contributed by atoms with E-state index in [1.54, 1.807) is 0 Å². The number of carbonyl (C=O) groups excluding carboxylic acids is 1. The van der Waals surface area contributed by atoms with Gasteiger partial charge in [-0.15, -0.1) is 0 Å². The smallest absolute Gasteiger partial charge is 0.251 e. The molecule has 8 heteroatoms. The largest absolute Gasteiger partial charge is 0.348 e. The van der Waals surface area contributed by atoms with Gasteiger partial charge in [0.05, 0.1) is 11.9 Å². The van der Waals surface area contributed by atoms with Gasteiger partial charge in [-0.3, -0.25) is 9.52 Å². The minimum atomic E-state index is -3.63. The maximum absolute atomic E-state index is 13.6. The Labute approximate surface area is 130 Å². The van der Waals surface area contributed by atoms with Crippen molar-refractivity contribution in [3.05, 3.63) is 29.6 Å². The monoisotopic (exact) mass is 331 g/mol. The minimum Gasteiger partial charge on any atom is -0.348 e. The zero-order chi connectivity index (χ0) is 16.9. The Balaban J connectivity index is 2.92. The third-order valence-electron chi connectivity index (χ3n) is 2.90. The first-order valence-electron chi connectivity index (χ1n) is 6.90. The fourth-order valence-corrected chi connectivity index (χ4v) is 2.55. The van der Waals surface area contributed by atoms with Gasteiger partial charge in [-0.25, -0.2) is 12.8 Å². The van der Waals surface area contributed by atoms with Crippen molar-refractivity contribution in [3.8, 4) is 0 Å². The third kappa shape index (κ3) is 5.98. The van der Waals surface area contributed by atoms with Crippen molar-refractivity contribution in [3.63, 3.8) is 0 Å². The predicted octanol–water partition coefficient (Wildman–Crippen LogP) is 1.30. The third-order valence-corrected chi connectivity index (χ3v) is 3.49. The van der Waals surface area contributed by atoms with Crippen molar-refractivity contribution in [2.45, 2.75) is 26.3 Å². The van der Waals surface area contributed by atoms with Crippen molar-refractivity contribution in [2.75, 3.05) is 17.5 Å². The molecule has 0 saturated carbocycles. The van der Waals surface area contributed by atoms with Crippen LogP contribution in [0.4, 0.5) is 10.1 Å². The lowest BCUT2D eigenvalue weighted by Gasteiger charge is -2.19. The van der Waals surface area contributed by atoms with Gasteiger partial charge in [-0.1, -0.05) is 13.8 Å². The fraction of sp³-hybridized carbons (Fsp3) is 0.500. The normalized spacial score (nSPS) is 13.0. The number of hydrogen-bond acceptors (Lipinski definition) is 4. The Morgan fingerprint density at radius 2 is 2.00 bits per heavy atom. The Bertz CT molecular complexity index is 632. The molecule has 4 N–H and O–H groups in total. The topological polar surface area (TPSA) is 101 Å². The summed E-state index contributed by atoms with van der Waals surface area (Å²) in [6.07, 6.45) is 1.63. The molecule has 1 rings (SSSR count). The molecule has 0 heterocycles.